The van der Waals surface area contributed by atoms with Crippen molar-refractivity contribution in [2.75, 3.05) is 0 Å². The van der Waals surface area contributed by atoms with Gasteiger partial charge in [0.25, 0.3) is 5.56 Å². The van der Waals surface area contributed by atoms with Gasteiger partial charge in [0.2, 0.25) is 0 Å². The minimum Gasteiger partial charge on any atom is -0.292 e. The number of halogens is 1. The van der Waals surface area contributed by atoms with Crippen LogP contribution < -0.4 is 5.56 Å². The van der Waals surface area contributed by atoms with Crippen molar-refractivity contribution in [2.24, 2.45) is 0 Å². The third kappa shape index (κ3) is 3.11. The normalized spacial score (nSPS) is 11.2. The molecule has 2 aromatic heterocycles. The lowest BCUT2D eigenvalue weighted by molar-refractivity contribution is 0.424. The van der Waals surface area contributed by atoms with E-state index in [4.69, 9.17) is 0 Å². The van der Waals surface area contributed by atoms with Crippen LogP contribution in [-0.2, 0) is 6.54 Å². The highest BCUT2D eigenvalue weighted by molar-refractivity contribution is 14.1. The van der Waals surface area contributed by atoms with E-state index < -0.39 is 0 Å². The molecule has 20 heavy (non-hydrogen) atoms. The maximum absolute atomic E-state index is 12.1. The second-order valence-electron chi connectivity index (χ2n) is 4.83. The Labute approximate surface area is 132 Å². The van der Waals surface area contributed by atoms with Gasteiger partial charge in [-0.2, -0.15) is 5.10 Å². The molecule has 0 amide bonds. The first-order chi connectivity index (χ1) is 9.56. The number of aryl methyl sites for hydroxylation is 1. The third-order valence-corrected chi connectivity index (χ3v) is 4.71. The lowest BCUT2D eigenvalue weighted by atomic mass is 10.2. The standard InChI is InChI=1S/C14H19IN4O/c1-4-12(5-2)19-7-6-11(17-19)8-18-9-16-10(3)13(15)14(18)20/h6-7,9,12H,4-5,8H2,1-3H3. The molecular formula is C14H19IN4O. The van der Waals surface area contributed by atoms with E-state index in [2.05, 4.69) is 23.9 Å². The van der Waals surface area contributed by atoms with Crippen LogP contribution in [0.25, 0.3) is 0 Å². The van der Waals surface area contributed by atoms with Crippen molar-refractivity contribution < 1.29 is 0 Å². The molecule has 2 aromatic rings. The van der Waals surface area contributed by atoms with Crippen LogP contribution in [-0.4, -0.2) is 19.3 Å². The van der Waals surface area contributed by atoms with Crippen LogP contribution in [0.5, 0.6) is 0 Å². The van der Waals surface area contributed by atoms with Crippen molar-refractivity contribution in [3.63, 3.8) is 0 Å². The number of hydrogen-bond donors (Lipinski definition) is 0. The Morgan fingerprint density at radius 2 is 2.05 bits per heavy atom. The van der Waals surface area contributed by atoms with Gasteiger partial charge in [-0.3, -0.25) is 14.0 Å². The highest BCUT2D eigenvalue weighted by atomic mass is 127. The van der Waals surface area contributed by atoms with E-state index in [0.717, 1.165) is 24.2 Å². The Kier molecular flexibility index (Phi) is 4.95. The van der Waals surface area contributed by atoms with Gasteiger partial charge < -0.3 is 0 Å². The van der Waals surface area contributed by atoms with Crippen molar-refractivity contribution in [2.45, 2.75) is 46.2 Å². The minimum absolute atomic E-state index is 0.00446. The summed E-state index contributed by atoms with van der Waals surface area (Å²) in [5, 5.41) is 4.57. The van der Waals surface area contributed by atoms with Crippen LogP contribution in [0.2, 0.25) is 0 Å². The Bertz CT molecular complexity index is 643. The van der Waals surface area contributed by atoms with Gasteiger partial charge in [-0.15, -0.1) is 0 Å². The SMILES string of the molecule is CCC(CC)n1ccc(Cn2cnc(C)c(I)c2=O)n1. The number of aromatic nitrogens is 4. The van der Waals surface area contributed by atoms with Gasteiger partial charge in [0, 0.05) is 6.20 Å². The summed E-state index contributed by atoms with van der Waals surface area (Å²) in [6.45, 7) is 6.63. The lowest BCUT2D eigenvalue weighted by Gasteiger charge is -2.12. The molecule has 0 radical (unpaired) electrons. The summed E-state index contributed by atoms with van der Waals surface area (Å²) < 4.78 is 4.27. The van der Waals surface area contributed by atoms with Gasteiger partial charge in [-0.25, -0.2) is 4.98 Å². The fourth-order valence-corrected chi connectivity index (χ4v) is 2.61. The maximum Gasteiger partial charge on any atom is 0.267 e. The first kappa shape index (κ1) is 15.2. The second kappa shape index (κ2) is 6.51. The van der Waals surface area contributed by atoms with E-state index in [1.807, 2.05) is 46.5 Å². The number of rotatable bonds is 5. The number of nitrogens with zero attached hydrogens (tertiary/aromatic N) is 4. The largest absolute Gasteiger partial charge is 0.292 e. The molecule has 0 aliphatic heterocycles. The van der Waals surface area contributed by atoms with Gasteiger partial charge >= 0.3 is 0 Å². The van der Waals surface area contributed by atoms with E-state index in [-0.39, 0.29) is 5.56 Å². The summed E-state index contributed by atoms with van der Waals surface area (Å²) in [6, 6.07) is 2.40. The monoisotopic (exact) mass is 386 g/mol. The summed E-state index contributed by atoms with van der Waals surface area (Å²) >= 11 is 2.04. The van der Waals surface area contributed by atoms with E-state index in [1.165, 1.54) is 0 Å². The molecule has 0 aromatic carbocycles. The van der Waals surface area contributed by atoms with Gasteiger partial charge in [0.15, 0.2) is 0 Å². The third-order valence-electron chi connectivity index (χ3n) is 3.47. The zero-order valence-electron chi connectivity index (χ0n) is 12.0. The van der Waals surface area contributed by atoms with Gasteiger partial charge in [-0.1, -0.05) is 13.8 Å². The predicted molar refractivity (Wildman–Crippen MR) is 86.9 cm³/mol. The smallest absolute Gasteiger partial charge is 0.267 e. The Balaban J connectivity index is 2.23. The summed E-state index contributed by atoms with van der Waals surface area (Å²) in [5.74, 6) is 0. The van der Waals surface area contributed by atoms with Crippen molar-refractivity contribution >= 4 is 22.6 Å². The Morgan fingerprint density at radius 3 is 2.70 bits per heavy atom. The van der Waals surface area contributed by atoms with Crippen LogP contribution in [0.4, 0.5) is 0 Å². The Morgan fingerprint density at radius 1 is 1.35 bits per heavy atom. The van der Waals surface area contributed by atoms with E-state index in [9.17, 15) is 4.79 Å². The first-order valence-corrected chi connectivity index (χ1v) is 7.90. The molecule has 2 heterocycles. The van der Waals surface area contributed by atoms with Crippen molar-refractivity contribution in [1.82, 2.24) is 19.3 Å². The highest BCUT2D eigenvalue weighted by Crippen LogP contribution is 2.14. The molecule has 0 fully saturated rings. The fraction of sp³-hybridized carbons (Fsp3) is 0.500. The van der Waals surface area contributed by atoms with Crippen molar-refractivity contribution in [1.29, 1.82) is 0 Å². The lowest BCUT2D eigenvalue weighted by Crippen LogP contribution is -2.24. The van der Waals surface area contributed by atoms with E-state index in [1.54, 1.807) is 10.9 Å². The quantitative estimate of drug-likeness (QED) is 0.743. The molecule has 108 valence electrons. The predicted octanol–water partition coefficient (Wildman–Crippen LogP) is 2.76. The van der Waals surface area contributed by atoms with Crippen LogP contribution in [0.15, 0.2) is 23.4 Å². The summed E-state index contributed by atoms with van der Waals surface area (Å²) in [7, 11) is 0. The average molecular weight is 386 g/mol. The van der Waals surface area contributed by atoms with Crippen LogP contribution in [0.3, 0.4) is 0 Å². The van der Waals surface area contributed by atoms with Crippen LogP contribution in [0, 0.1) is 10.5 Å². The molecule has 0 saturated carbocycles. The Hall–Kier alpha value is -1.18. The summed E-state index contributed by atoms with van der Waals surface area (Å²) in [6.07, 6.45) is 5.70. The zero-order chi connectivity index (χ0) is 14.7. The van der Waals surface area contributed by atoms with Gasteiger partial charge in [-0.05, 0) is 48.4 Å². The molecule has 0 aliphatic rings. The summed E-state index contributed by atoms with van der Waals surface area (Å²) in [4.78, 5) is 16.4. The minimum atomic E-state index is -0.00446. The van der Waals surface area contributed by atoms with Gasteiger partial charge in [0.05, 0.1) is 33.9 Å². The molecule has 0 saturated heterocycles. The van der Waals surface area contributed by atoms with Crippen LogP contribution in [0.1, 0.15) is 44.1 Å². The topological polar surface area (TPSA) is 52.7 Å². The molecule has 0 aliphatic carbocycles. The van der Waals surface area contributed by atoms with Crippen LogP contribution >= 0.6 is 22.6 Å². The molecule has 0 spiro atoms. The van der Waals surface area contributed by atoms with Crippen molar-refractivity contribution in [3.05, 3.63) is 43.9 Å². The average Bonchev–Trinajstić information content (AvgIpc) is 2.89. The molecule has 0 bridgehead atoms. The fourth-order valence-electron chi connectivity index (χ4n) is 2.16. The molecule has 5 nitrogen and oxygen atoms in total. The molecule has 0 unspecified atom stereocenters. The summed E-state index contributed by atoms with van der Waals surface area (Å²) in [5.41, 5.74) is 1.66. The van der Waals surface area contributed by atoms with E-state index >= 15 is 0 Å². The number of hydrogen-bond acceptors (Lipinski definition) is 3. The molecule has 2 rings (SSSR count). The molecular weight excluding hydrogens is 367 g/mol. The first-order valence-electron chi connectivity index (χ1n) is 6.82. The van der Waals surface area contributed by atoms with Crippen molar-refractivity contribution in [3.8, 4) is 0 Å². The zero-order valence-corrected chi connectivity index (χ0v) is 14.2. The maximum atomic E-state index is 12.1. The second-order valence-corrected chi connectivity index (χ2v) is 5.91. The molecule has 0 atom stereocenters. The highest BCUT2D eigenvalue weighted by Gasteiger charge is 2.10. The van der Waals surface area contributed by atoms with E-state index in [0.29, 0.717) is 16.2 Å². The van der Waals surface area contributed by atoms with Gasteiger partial charge in [0.1, 0.15) is 0 Å². The molecule has 0 N–H and O–H groups in total. The molecule has 6 heteroatoms.